The molecular formula is C16H24Cl2N4O4. The zero-order valence-electron chi connectivity index (χ0n) is 14.7. The summed E-state index contributed by atoms with van der Waals surface area (Å²) >= 11 is 0. The first kappa shape index (κ1) is 26.1. The predicted molar refractivity (Wildman–Crippen MR) is 107 cm³/mol. The summed E-state index contributed by atoms with van der Waals surface area (Å²) in [5, 5.41) is 22.3. The van der Waals surface area contributed by atoms with Crippen LogP contribution in [0.5, 0.6) is 0 Å². The lowest BCUT2D eigenvalue weighted by molar-refractivity contribution is -0.384. The molecule has 4 N–H and O–H groups in total. The average molecular weight is 407 g/mol. The van der Waals surface area contributed by atoms with Crippen LogP contribution >= 0.6 is 24.8 Å². The van der Waals surface area contributed by atoms with Crippen molar-refractivity contribution in [3.63, 3.8) is 0 Å². The number of para-hydroxylation sites is 1. The van der Waals surface area contributed by atoms with Gasteiger partial charge in [0, 0.05) is 6.07 Å². The second-order valence-corrected chi connectivity index (χ2v) is 5.35. The Bertz CT molecular complexity index is 722. The summed E-state index contributed by atoms with van der Waals surface area (Å²) < 4.78 is 5.64. The van der Waals surface area contributed by atoms with E-state index in [2.05, 4.69) is 5.32 Å². The maximum absolute atomic E-state index is 11.1. The van der Waals surface area contributed by atoms with Gasteiger partial charge < -0.3 is 15.2 Å². The Hall–Kier alpha value is -2.13. The molecule has 0 aliphatic heterocycles. The SMILES string of the molecule is CCC(NC(=N)c1ccc(-c2ccccc2[N+](=O)[O-])o1)N(C)C.Cl.Cl.O. The fraction of sp³-hybridized carbons (Fsp3) is 0.312. The normalized spacial score (nSPS) is 10.8. The molecular weight excluding hydrogens is 383 g/mol. The van der Waals surface area contributed by atoms with Gasteiger partial charge in [0.05, 0.1) is 16.7 Å². The molecule has 0 bridgehead atoms. The van der Waals surface area contributed by atoms with Gasteiger partial charge in [0.2, 0.25) is 0 Å². The molecule has 0 spiro atoms. The summed E-state index contributed by atoms with van der Waals surface area (Å²) in [6, 6.07) is 9.67. The first-order valence-corrected chi connectivity index (χ1v) is 7.29. The Morgan fingerprint density at radius 2 is 1.88 bits per heavy atom. The molecule has 0 aliphatic rings. The molecule has 0 saturated heterocycles. The van der Waals surface area contributed by atoms with Gasteiger partial charge in [-0.25, -0.2) is 0 Å². The number of hydrogen-bond donors (Lipinski definition) is 2. The molecule has 26 heavy (non-hydrogen) atoms. The first-order valence-electron chi connectivity index (χ1n) is 7.29. The van der Waals surface area contributed by atoms with Gasteiger partial charge in [0.15, 0.2) is 11.6 Å². The monoisotopic (exact) mass is 406 g/mol. The van der Waals surface area contributed by atoms with Crippen LogP contribution in [0.1, 0.15) is 19.1 Å². The third-order valence-corrected chi connectivity index (χ3v) is 3.54. The Kier molecular flexibility index (Phi) is 11.5. The largest absolute Gasteiger partial charge is 0.453 e. The van der Waals surface area contributed by atoms with Gasteiger partial charge in [0.25, 0.3) is 5.69 Å². The van der Waals surface area contributed by atoms with E-state index in [4.69, 9.17) is 9.83 Å². The number of nitro benzene ring substituents is 1. The highest BCUT2D eigenvalue weighted by Gasteiger charge is 2.19. The number of nitrogens with one attached hydrogen (secondary N) is 2. The molecule has 146 valence electrons. The summed E-state index contributed by atoms with van der Waals surface area (Å²) in [6.07, 6.45) is 0.842. The Morgan fingerprint density at radius 3 is 2.42 bits per heavy atom. The fourth-order valence-electron chi connectivity index (χ4n) is 2.29. The number of benzene rings is 1. The minimum Gasteiger partial charge on any atom is -0.453 e. The molecule has 2 aromatic rings. The lowest BCUT2D eigenvalue weighted by Gasteiger charge is -2.24. The van der Waals surface area contributed by atoms with Crippen LogP contribution in [0, 0.1) is 15.5 Å². The number of nitro groups is 1. The minimum atomic E-state index is -0.444. The fourth-order valence-corrected chi connectivity index (χ4v) is 2.29. The van der Waals surface area contributed by atoms with Crippen LogP contribution < -0.4 is 5.32 Å². The van der Waals surface area contributed by atoms with Gasteiger partial charge in [0.1, 0.15) is 5.76 Å². The van der Waals surface area contributed by atoms with Crippen LogP contribution in [0.4, 0.5) is 5.69 Å². The van der Waals surface area contributed by atoms with Gasteiger partial charge in [-0.05, 0) is 38.7 Å². The van der Waals surface area contributed by atoms with Gasteiger partial charge >= 0.3 is 0 Å². The molecule has 0 radical (unpaired) electrons. The van der Waals surface area contributed by atoms with Crippen molar-refractivity contribution >= 4 is 36.3 Å². The van der Waals surface area contributed by atoms with Crippen molar-refractivity contribution in [2.24, 2.45) is 0 Å². The summed E-state index contributed by atoms with van der Waals surface area (Å²) in [4.78, 5) is 12.6. The van der Waals surface area contributed by atoms with E-state index in [1.807, 2.05) is 25.9 Å². The maximum Gasteiger partial charge on any atom is 0.280 e. The smallest absolute Gasteiger partial charge is 0.280 e. The lowest BCUT2D eigenvalue weighted by Crippen LogP contribution is -2.44. The molecule has 1 aromatic heterocycles. The van der Waals surface area contributed by atoms with Crippen LogP contribution in [-0.2, 0) is 0 Å². The Labute approximate surface area is 164 Å². The van der Waals surface area contributed by atoms with E-state index in [-0.39, 0.29) is 48.0 Å². The van der Waals surface area contributed by atoms with Crippen molar-refractivity contribution in [1.82, 2.24) is 10.2 Å². The van der Waals surface area contributed by atoms with Crippen molar-refractivity contribution in [3.05, 3.63) is 52.3 Å². The number of amidine groups is 1. The molecule has 0 saturated carbocycles. The van der Waals surface area contributed by atoms with E-state index in [0.29, 0.717) is 17.1 Å². The second-order valence-electron chi connectivity index (χ2n) is 5.35. The van der Waals surface area contributed by atoms with E-state index >= 15 is 0 Å². The third kappa shape index (κ3) is 5.99. The first-order chi connectivity index (χ1) is 10.9. The zero-order valence-corrected chi connectivity index (χ0v) is 16.3. The Balaban J connectivity index is 0. The van der Waals surface area contributed by atoms with E-state index in [1.54, 1.807) is 30.3 Å². The van der Waals surface area contributed by atoms with Crippen molar-refractivity contribution in [2.45, 2.75) is 19.5 Å². The van der Waals surface area contributed by atoms with Crippen molar-refractivity contribution in [1.29, 1.82) is 5.41 Å². The number of furan rings is 1. The average Bonchev–Trinajstić information content (AvgIpc) is 3.01. The molecule has 0 amide bonds. The van der Waals surface area contributed by atoms with Gasteiger partial charge in [-0.2, -0.15) is 0 Å². The molecule has 1 atom stereocenters. The summed E-state index contributed by atoms with van der Waals surface area (Å²) in [5.74, 6) is 0.866. The van der Waals surface area contributed by atoms with Crippen LogP contribution in [0.15, 0.2) is 40.8 Å². The van der Waals surface area contributed by atoms with E-state index in [9.17, 15) is 10.1 Å². The maximum atomic E-state index is 11.1. The molecule has 2 rings (SSSR count). The highest BCUT2D eigenvalue weighted by molar-refractivity contribution is 5.94. The molecule has 8 nitrogen and oxygen atoms in total. The van der Waals surface area contributed by atoms with Crippen molar-refractivity contribution in [2.75, 3.05) is 14.1 Å². The standard InChI is InChI=1S/C16H20N4O3.2ClH.H2O/c1-4-15(19(2)3)18-16(17)14-10-9-13(23-14)11-7-5-6-8-12(11)20(21)22;;;/h5-10,15H,4H2,1-3H3,(H2,17,18);2*1H;1H2. The molecule has 10 heteroatoms. The van der Waals surface area contributed by atoms with E-state index in [0.717, 1.165) is 6.42 Å². The highest BCUT2D eigenvalue weighted by Crippen LogP contribution is 2.30. The summed E-state index contributed by atoms with van der Waals surface area (Å²) in [7, 11) is 3.85. The van der Waals surface area contributed by atoms with E-state index in [1.165, 1.54) is 6.07 Å². The van der Waals surface area contributed by atoms with E-state index < -0.39 is 4.92 Å². The minimum absolute atomic E-state index is 0. The quantitative estimate of drug-likeness (QED) is 0.250. The molecule has 0 aliphatic carbocycles. The van der Waals surface area contributed by atoms with Crippen molar-refractivity contribution < 1.29 is 14.8 Å². The highest BCUT2D eigenvalue weighted by atomic mass is 35.5. The number of rotatable bonds is 6. The van der Waals surface area contributed by atoms with Gasteiger partial charge in [-0.15, -0.1) is 24.8 Å². The van der Waals surface area contributed by atoms with Crippen molar-refractivity contribution in [3.8, 4) is 11.3 Å². The lowest BCUT2D eigenvalue weighted by atomic mass is 10.1. The summed E-state index contributed by atoms with van der Waals surface area (Å²) in [6.45, 7) is 2.02. The number of hydrogen-bond acceptors (Lipinski definition) is 5. The van der Waals surface area contributed by atoms with Crippen LogP contribution in [0.3, 0.4) is 0 Å². The molecule has 1 unspecified atom stereocenters. The van der Waals surface area contributed by atoms with Crippen LogP contribution in [-0.4, -0.2) is 41.4 Å². The third-order valence-electron chi connectivity index (χ3n) is 3.54. The molecule has 1 aromatic carbocycles. The van der Waals surface area contributed by atoms with Gasteiger partial charge in [-0.3, -0.25) is 20.4 Å². The number of halogens is 2. The predicted octanol–water partition coefficient (Wildman–Crippen LogP) is 3.09. The molecule has 0 fully saturated rings. The van der Waals surface area contributed by atoms with Crippen LogP contribution in [0.25, 0.3) is 11.3 Å². The zero-order chi connectivity index (χ0) is 17.0. The van der Waals surface area contributed by atoms with Crippen LogP contribution in [0.2, 0.25) is 0 Å². The van der Waals surface area contributed by atoms with Gasteiger partial charge in [-0.1, -0.05) is 19.1 Å². The number of nitrogens with zero attached hydrogens (tertiary/aromatic N) is 2. The molecule has 1 heterocycles. The summed E-state index contributed by atoms with van der Waals surface area (Å²) in [5.41, 5.74) is 0.379. The Morgan fingerprint density at radius 1 is 1.27 bits per heavy atom. The second kappa shape index (κ2) is 11.5. The topological polar surface area (TPSA) is 127 Å².